The lowest BCUT2D eigenvalue weighted by atomic mass is 10.1. The van der Waals surface area contributed by atoms with Crippen LogP contribution in [0.4, 0.5) is 17.1 Å². The summed E-state index contributed by atoms with van der Waals surface area (Å²) in [6, 6.07) is 12.3. The minimum absolute atomic E-state index is 0.371. The Morgan fingerprint density at radius 1 is 1.00 bits per heavy atom. The van der Waals surface area contributed by atoms with Crippen LogP contribution in [0.2, 0.25) is 0 Å². The molecule has 0 saturated carbocycles. The molecule has 1 saturated heterocycles. The molecule has 6 nitrogen and oxygen atoms in total. The molecule has 2 aromatic carbocycles. The van der Waals surface area contributed by atoms with E-state index >= 15 is 0 Å². The van der Waals surface area contributed by atoms with Crippen LogP contribution < -0.4 is 14.5 Å². The molecule has 1 fully saturated rings. The van der Waals surface area contributed by atoms with Crippen molar-refractivity contribution in [2.45, 2.75) is 46.1 Å². The minimum atomic E-state index is -3.64. The third kappa shape index (κ3) is 5.14. The van der Waals surface area contributed by atoms with Gasteiger partial charge >= 0.3 is 0 Å². The molecule has 0 radical (unpaired) electrons. The quantitative estimate of drug-likeness (QED) is 0.751. The van der Waals surface area contributed by atoms with Crippen LogP contribution in [-0.2, 0) is 14.8 Å². The number of aryl methyl sites for hydroxylation is 2. The maximum absolute atomic E-state index is 12.9. The molecule has 162 valence electrons. The first kappa shape index (κ1) is 22.2. The third-order valence-corrected chi connectivity index (χ3v) is 6.93. The molecule has 2 aromatic rings. The molecule has 1 atom stereocenters. The lowest BCUT2D eigenvalue weighted by Crippen LogP contribution is -2.45. The second kappa shape index (κ2) is 9.08. The van der Waals surface area contributed by atoms with Gasteiger partial charge in [-0.15, -0.1) is 0 Å². The molecular weight excluding hydrogens is 398 g/mol. The molecule has 1 N–H and O–H groups in total. The average molecular weight is 430 g/mol. The molecule has 0 spiro atoms. The van der Waals surface area contributed by atoms with Crippen molar-refractivity contribution in [3.8, 4) is 0 Å². The van der Waals surface area contributed by atoms with E-state index in [2.05, 4.69) is 10.2 Å². The Labute approximate surface area is 179 Å². The maximum atomic E-state index is 12.9. The second-order valence-corrected chi connectivity index (χ2v) is 9.95. The van der Waals surface area contributed by atoms with Gasteiger partial charge in [-0.25, -0.2) is 8.42 Å². The van der Waals surface area contributed by atoms with E-state index in [1.807, 2.05) is 44.2 Å². The fraction of sp³-hybridized carbons (Fsp3) is 0.435. The molecule has 1 heterocycles. The van der Waals surface area contributed by atoms with Gasteiger partial charge in [0.25, 0.3) is 0 Å². The van der Waals surface area contributed by atoms with Crippen molar-refractivity contribution < 1.29 is 13.2 Å². The number of nitrogens with zero attached hydrogens (tertiary/aromatic N) is 2. The summed E-state index contributed by atoms with van der Waals surface area (Å²) in [5, 5.41) is 2.86. The molecular formula is C23H31N3O3S. The number of rotatable bonds is 6. The van der Waals surface area contributed by atoms with E-state index in [4.69, 9.17) is 0 Å². The van der Waals surface area contributed by atoms with Crippen LogP contribution in [0.3, 0.4) is 0 Å². The molecule has 30 heavy (non-hydrogen) atoms. The minimum Gasteiger partial charge on any atom is -0.372 e. The van der Waals surface area contributed by atoms with Crippen molar-refractivity contribution in [1.29, 1.82) is 0 Å². The van der Waals surface area contributed by atoms with E-state index < -0.39 is 16.1 Å². The van der Waals surface area contributed by atoms with Crippen LogP contribution in [0.1, 0.15) is 37.3 Å². The van der Waals surface area contributed by atoms with Gasteiger partial charge in [0, 0.05) is 24.5 Å². The number of sulfonamides is 1. The van der Waals surface area contributed by atoms with Gasteiger partial charge in [-0.05, 0) is 87.6 Å². The third-order valence-electron chi connectivity index (χ3n) is 5.69. The van der Waals surface area contributed by atoms with Crippen molar-refractivity contribution in [3.63, 3.8) is 0 Å². The number of piperidine rings is 1. The number of carbonyl (C=O) groups excluding carboxylic acids is 1. The van der Waals surface area contributed by atoms with Gasteiger partial charge in [-0.1, -0.05) is 6.07 Å². The molecule has 7 heteroatoms. The molecule has 0 aliphatic carbocycles. The van der Waals surface area contributed by atoms with Crippen LogP contribution in [0.15, 0.2) is 42.5 Å². The van der Waals surface area contributed by atoms with Crippen LogP contribution in [-0.4, -0.2) is 39.7 Å². The Balaban J connectivity index is 1.76. The summed E-state index contributed by atoms with van der Waals surface area (Å²) < 4.78 is 26.2. The summed E-state index contributed by atoms with van der Waals surface area (Å²) in [6.07, 6.45) is 4.81. The van der Waals surface area contributed by atoms with Crippen molar-refractivity contribution in [2.75, 3.05) is 33.9 Å². The van der Waals surface area contributed by atoms with E-state index in [1.165, 1.54) is 23.6 Å². The van der Waals surface area contributed by atoms with Gasteiger partial charge < -0.3 is 10.2 Å². The number of amides is 1. The summed E-state index contributed by atoms with van der Waals surface area (Å²) in [5.41, 5.74) is 4.33. The van der Waals surface area contributed by atoms with E-state index in [0.717, 1.165) is 36.2 Å². The second-order valence-electron chi connectivity index (χ2n) is 8.09. The van der Waals surface area contributed by atoms with Crippen molar-refractivity contribution in [2.24, 2.45) is 0 Å². The number of hydrogen-bond acceptors (Lipinski definition) is 4. The van der Waals surface area contributed by atoms with E-state index in [0.29, 0.717) is 11.4 Å². The van der Waals surface area contributed by atoms with Crippen LogP contribution in [0.25, 0.3) is 0 Å². The zero-order chi connectivity index (χ0) is 21.9. The first-order chi connectivity index (χ1) is 14.2. The zero-order valence-electron chi connectivity index (χ0n) is 18.2. The average Bonchev–Trinajstić information content (AvgIpc) is 2.71. The lowest BCUT2D eigenvalue weighted by Gasteiger charge is -2.29. The highest BCUT2D eigenvalue weighted by molar-refractivity contribution is 7.92. The fourth-order valence-electron chi connectivity index (χ4n) is 3.83. The zero-order valence-corrected chi connectivity index (χ0v) is 19.0. The van der Waals surface area contributed by atoms with Gasteiger partial charge in [0.05, 0.1) is 11.9 Å². The largest absolute Gasteiger partial charge is 0.372 e. The van der Waals surface area contributed by atoms with Gasteiger partial charge in [0.1, 0.15) is 6.04 Å². The lowest BCUT2D eigenvalue weighted by molar-refractivity contribution is -0.116. The molecule has 0 bridgehead atoms. The topological polar surface area (TPSA) is 69.7 Å². The Bertz CT molecular complexity index is 997. The highest BCUT2D eigenvalue weighted by Gasteiger charge is 2.29. The predicted molar refractivity (Wildman–Crippen MR) is 124 cm³/mol. The highest BCUT2D eigenvalue weighted by Crippen LogP contribution is 2.25. The van der Waals surface area contributed by atoms with E-state index in [-0.39, 0.29) is 5.91 Å². The maximum Gasteiger partial charge on any atom is 0.247 e. The van der Waals surface area contributed by atoms with Crippen LogP contribution in [0.5, 0.6) is 0 Å². The molecule has 1 unspecified atom stereocenters. The normalized spacial score (nSPS) is 15.5. The Hall–Kier alpha value is -2.54. The van der Waals surface area contributed by atoms with Gasteiger partial charge in [0.15, 0.2) is 0 Å². The highest BCUT2D eigenvalue weighted by atomic mass is 32.2. The summed E-state index contributed by atoms with van der Waals surface area (Å²) in [4.78, 5) is 15.2. The summed E-state index contributed by atoms with van der Waals surface area (Å²) in [6.45, 7) is 7.61. The molecule has 1 aliphatic heterocycles. The SMILES string of the molecule is Cc1ccc(N(C(C)C(=O)Nc2ccc(N3CCCCC3)cc2)S(C)(=O)=O)cc1C. The van der Waals surface area contributed by atoms with Crippen LogP contribution in [0, 0.1) is 13.8 Å². The first-order valence-electron chi connectivity index (χ1n) is 10.4. The summed E-state index contributed by atoms with van der Waals surface area (Å²) >= 11 is 0. The number of benzene rings is 2. The number of hydrogen-bond donors (Lipinski definition) is 1. The standard InChI is InChI=1S/C23H31N3O3S/c1-17-8-11-22(16-18(17)2)26(30(4,28)29)19(3)23(27)24-20-9-12-21(13-10-20)25-14-6-5-7-15-25/h8-13,16,19H,5-7,14-15H2,1-4H3,(H,24,27). The van der Waals surface area contributed by atoms with Crippen molar-refractivity contribution >= 4 is 33.0 Å². The van der Waals surface area contributed by atoms with E-state index in [1.54, 1.807) is 19.1 Å². The van der Waals surface area contributed by atoms with E-state index in [9.17, 15) is 13.2 Å². The van der Waals surface area contributed by atoms with Gasteiger partial charge in [-0.3, -0.25) is 9.10 Å². The Morgan fingerprint density at radius 2 is 1.63 bits per heavy atom. The summed E-state index contributed by atoms with van der Waals surface area (Å²) in [5.74, 6) is -0.371. The monoisotopic (exact) mass is 429 g/mol. The Kier molecular flexibility index (Phi) is 6.71. The first-order valence-corrected chi connectivity index (χ1v) is 12.2. The molecule has 0 aromatic heterocycles. The number of anilines is 3. The smallest absolute Gasteiger partial charge is 0.247 e. The fourth-order valence-corrected chi connectivity index (χ4v) is 4.99. The molecule has 1 aliphatic rings. The molecule has 1 amide bonds. The predicted octanol–water partition coefficient (Wildman–Crippen LogP) is 4.09. The Morgan fingerprint density at radius 3 is 2.20 bits per heavy atom. The summed E-state index contributed by atoms with van der Waals surface area (Å²) in [7, 11) is -3.64. The van der Waals surface area contributed by atoms with Gasteiger partial charge in [0.2, 0.25) is 15.9 Å². The number of carbonyl (C=O) groups is 1. The van der Waals surface area contributed by atoms with Crippen LogP contribution >= 0.6 is 0 Å². The van der Waals surface area contributed by atoms with Crippen molar-refractivity contribution in [3.05, 3.63) is 53.6 Å². The number of nitrogens with one attached hydrogen (secondary N) is 1. The molecule has 3 rings (SSSR count). The van der Waals surface area contributed by atoms with Gasteiger partial charge in [-0.2, -0.15) is 0 Å². The van der Waals surface area contributed by atoms with Crippen molar-refractivity contribution in [1.82, 2.24) is 0 Å².